The predicted octanol–water partition coefficient (Wildman–Crippen LogP) is 1.15. The maximum Gasteiger partial charge on any atom is 0.240 e. The standard InChI is InChI=1S/C10H12F2N2O/c1-13-6-10(15)14(2)7-3-4-8(11)9(12)5-7/h3-5,13H,6H2,1-2H3. The van der Waals surface area contributed by atoms with Crippen molar-refractivity contribution in [2.24, 2.45) is 0 Å². The number of hydrogen-bond acceptors (Lipinski definition) is 2. The average molecular weight is 214 g/mol. The summed E-state index contributed by atoms with van der Waals surface area (Å²) in [6.07, 6.45) is 0. The third kappa shape index (κ3) is 2.73. The van der Waals surface area contributed by atoms with Crippen molar-refractivity contribution in [2.75, 3.05) is 25.5 Å². The monoisotopic (exact) mass is 214 g/mol. The molecule has 0 radical (unpaired) electrons. The first-order valence-corrected chi connectivity index (χ1v) is 4.42. The molecule has 1 aromatic carbocycles. The van der Waals surface area contributed by atoms with Gasteiger partial charge in [-0.2, -0.15) is 0 Å². The molecule has 1 N–H and O–H groups in total. The number of likely N-dealkylation sites (N-methyl/N-ethyl adjacent to an activating group) is 2. The van der Waals surface area contributed by atoms with Gasteiger partial charge >= 0.3 is 0 Å². The van der Waals surface area contributed by atoms with Gasteiger partial charge in [0.2, 0.25) is 5.91 Å². The van der Waals surface area contributed by atoms with Crippen molar-refractivity contribution in [2.45, 2.75) is 0 Å². The van der Waals surface area contributed by atoms with Crippen LogP contribution in [0.1, 0.15) is 0 Å². The summed E-state index contributed by atoms with van der Waals surface area (Å²) in [5.41, 5.74) is 0.328. The van der Waals surface area contributed by atoms with Crippen LogP contribution in [-0.4, -0.2) is 26.5 Å². The molecular weight excluding hydrogens is 202 g/mol. The van der Waals surface area contributed by atoms with E-state index in [1.165, 1.54) is 18.0 Å². The first-order valence-electron chi connectivity index (χ1n) is 4.42. The van der Waals surface area contributed by atoms with Gasteiger partial charge in [-0.25, -0.2) is 8.78 Å². The molecule has 0 spiro atoms. The lowest BCUT2D eigenvalue weighted by Crippen LogP contribution is -2.34. The molecule has 1 rings (SSSR count). The van der Waals surface area contributed by atoms with Crippen LogP contribution in [0.25, 0.3) is 0 Å². The number of anilines is 1. The number of hydrogen-bond donors (Lipinski definition) is 1. The van der Waals surface area contributed by atoms with Crippen LogP contribution in [0.5, 0.6) is 0 Å². The Morgan fingerprint density at radius 3 is 2.60 bits per heavy atom. The number of nitrogens with one attached hydrogen (secondary N) is 1. The van der Waals surface area contributed by atoms with E-state index >= 15 is 0 Å². The van der Waals surface area contributed by atoms with Crippen molar-refractivity contribution in [1.82, 2.24) is 5.32 Å². The summed E-state index contributed by atoms with van der Waals surface area (Å²) in [5, 5.41) is 2.69. The Hall–Kier alpha value is -1.49. The summed E-state index contributed by atoms with van der Waals surface area (Å²) >= 11 is 0. The first kappa shape index (κ1) is 11.6. The highest BCUT2D eigenvalue weighted by Gasteiger charge is 2.11. The fourth-order valence-corrected chi connectivity index (χ4v) is 1.11. The molecule has 0 atom stereocenters. The predicted molar refractivity (Wildman–Crippen MR) is 53.7 cm³/mol. The summed E-state index contributed by atoms with van der Waals surface area (Å²) in [5.74, 6) is -2.10. The molecule has 0 fully saturated rings. The SMILES string of the molecule is CNCC(=O)N(C)c1ccc(F)c(F)c1. The van der Waals surface area contributed by atoms with E-state index in [1.807, 2.05) is 0 Å². The largest absolute Gasteiger partial charge is 0.314 e. The molecule has 0 aliphatic heterocycles. The van der Waals surface area contributed by atoms with Gasteiger partial charge in [0.1, 0.15) is 0 Å². The van der Waals surface area contributed by atoms with Crippen LogP contribution in [0, 0.1) is 11.6 Å². The van der Waals surface area contributed by atoms with E-state index in [1.54, 1.807) is 7.05 Å². The zero-order chi connectivity index (χ0) is 11.4. The lowest BCUT2D eigenvalue weighted by molar-refractivity contribution is -0.117. The normalized spacial score (nSPS) is 10.1. The Morgan fingerprint density at radius 1 is 1.40 bits per heavy atom. The molecule has 0 saturated carbocycles. The molecule has 3 nitrogen and oxygen atoms in total. The molecule has 0 heterocycles. The van der Waals surface area contributed by atoms with Crippen LogP contribution in [0.3, 0.4) is 0 Å². The Morgan fingerprint density at radius 2 is 2.07 bits per heavy atom. The summed E-state index contributed by atoms with van der Waals surface area (Å²) < 4.78 is 25.5. The van der Waals surface area contributed by atoms with Crippen LogP contribution in [-0.2, 0) is 4.79 Å². The van der Waals surface area contributed by atoms with Crippen molar-refractivity contribution in [3.8, 4) is 0 Å². The summed E-state index contributed by atoms with van der Waals surface area (Å²) in [6.45, 7) is 0.148. The number of benzene rings is 1. The number of amides is 1. The minimum atomic E-state index is -0.961. The van der Waals surface area contributed by atoms with Gasteiger partial charge in [0.25, 0.3) is 0 Å². The van der Waals surface area contributed by atoms with Gasteiger partial charge in [0.15, 0.2) is 11.6 Å². The van der Waals surface area contributed by atoms with Gasteiger partial charge in [-0.15, -0.1) is 0 Å². The summed E-state index contributed by atoms with van der Waals surface area (Å²) in [4.78, 5) is 12.6. The minimum absolute atomic E-state index is 0.148. The van der Waals surface area contributed by atoms with Crippen LogP contribution >= 0.6 is 0 Å². The van der Waals surface area contributed by atoms with Gasteiger partial charge in [-0.05, 0) is 19.2 Å². The second-order valence-corrected chi connectivity index (χ2v) is 3.08. The Kier molecular flexibility index (Phi) is 3.74. The lowest BCUT2D eigenvalue weighted by atomic mass is 10.2. The average Bonchev–Trinajstić information content (AvgIpc) is 2.21. The number of nitrogens with zero attached hydrogens (tertiary/aromatic N) is 1. The number of rotatable bonds is 3. The number of halogens is 2. The van der Waals surface area contributed by atoms with Gasteiger partial charge in [-0.3, -0.25) is 4.79 Å². The number of carbonyl (C=O) groups is 1. The zero-order valence-corrected chi connectivity index (χ0v) is 8.55. The third-order valence-electron chi connectivity index (χ3n) is 1.99. The summed E-state index contributed by atoms with van der Waals surface area (Å²) in [6, 6.07) is 3.34. The van der Waals surface area contributed by atoms with E-state index in [0.717, 1.165) is 12.1 Å². The third-order valence-corrected chi connectivity index (χ3v) is 1.99. The van der Waals surface area contributed by atoms with Gasteiger partial charge < -0.3 is 10.2 Å². The fourth-order valence-electron chi connectivity index (χ4n) is 1.11. The van der Waals surface area contributed by atoms with Gasteiger partial charge in [-0.1, -0.05) is 0 Å². The molecule has 82 valence electrons. The van der Waals surface area contributed by atoms with Crippen molar-refractivity contribution in [1.29, 1.82) is 0 Å². The van der Waals surface area contributed by atoms with E-state index in [0.29, 0.717) is 5.69 Å². The molecule has 1 aromatic rings. The minimum Gasteiger partial charge on any atom is -0.314 e. The molecular formula is C10H12F2N2O. The molecule has 15 heavy (non-hydrogen) atoms. The quantitative estimate of drug-likeness (QED) is 0.818. The maximum absolute atomic E-state index is 12.9. The zero-order valence-electron chi connectivity index (χ0n) is 8.55. The van der Waals surface area contributed by atoms with E-state index in [-0.39, 0.29) is 12.5 Å². The van der Waals surface area contributed by atoms with E-state index in [2.05, 4.69) is 5.32 Å². The van der Waals surface area contributed by atoms with Crippen LogP contribution in [0.2, 0.25) is 0 Å². The van der Waals surface area contributed by atoms with Crippen LogP contribution in [0.4, 0.5) is 14.5 Å². The molecule has 5 heteroatoms. The molecule has 0 bridgehead atoms. The fraction of sp³-hybridized carbons (Fsp3) is 0.300. The Balaban J connectivity index is 2.86. The molecule has 0 aromatic heterocycles. The van der Waals surface area contributed by atoms with Crippen molar-refractivity contribution < 1.29 is 13.6 Å². The second kappa shape index (κ2) is 4.84. The first-order chi connectivity index (χ1) is 7.06. The van der Waals surface area contributed by atoms with Gasteiger partial charge in [0.05, 0.1) is 6.54 Å². The molecule has 0 aliphatic rings. The second-order valence-electron chi connectivity index (χ2n) is 3.08. The maximum atomic E-state index is 12.9. The molecule has 0 aliphatic carbocycles. The molecule has 0 unspecified atom stereocenters. The van der Waals surface area contributed by atoms with Crippen molar-refractivity contribution in [3.63, 3.8) is 0 Å². The highest BCUT2D eigenvalue weighted by molar-refractivity contribution is 5.94. The van der Waals surface area contributed by atoms with E-state index in [4.69, 9.17) is 0 Å². The highest BCUT2D eigenvalue weighted by atomic mass is 19.2. The highest BCUT2D eigenvalue weighted by Crippen LogP contribution is 2.16. The Labute approximate surface area is 86.7 Å². The van der Waals surface area contributed by atoms with E-state index < -0.39 is 11.6 Å². The van der Waals surface area contributed by atoms with Crippen molar-refractivity contribution in [3.05, 3.63) is 29.8 Å². The van der Waals surface area contributed by atoms with Gasteiger partial charge in [0, 0.05) is 18.8 Å². The lowest BCUT2D eigenvalue weighted by Gasteiger charge is -2.17. The smallest absolute Gasteiger partial charge is 0.240 e. The van der Waals surface area contributed by atoms with E-state index in [9.17, 15) is 13.6 Å². The topological polar surface area (TPSA) is 32.3 Å². The van der Waals surface area contributed by atoms with Crippen LogP contribution in [0.15, 0.2) is 18.2 Å². The molecule has 0 saturated heterocycles. The van der Waals surface area contributed by atoms with Crippen molar-refractivity contribution >= 4 is 11.6 Å². The molecule has 1 amide bonds. The Bertz CT molecular complexity index is 368. The number of carbonyl (C=O) groups excluding carboxylic acids is 1. The van der Waals surface area contributed by atoms with Crippen LogP contribution < -0.4 is 10.2 Å². The summed E-state index contributed by atoms with van der Waals surface area (Å²) in [7, 11) is 3.14.